The summed E-state index contributed by atoms with van der Waals surface area (Å²) in [5.41, 5.74) is 0.890. The minimum atomic E-state index is -0.0827. The summed E-state index contributed by atoms with van der Waals surface area (Å²) < 4.78 is 10.4. The third-order valence-corrected chi connectivity index (χ3v) is 2.95. The lowest BCUT2D eigenvalue weighted by Crippen LogP contribution is -2.30. The fourth-order valence-corrected chi connectivity index (χ4v) is 1.92. The van der Waals surface area contributed by atoms with Crippen molar-refractivity contribution in [3.05, 3.63) is 29.8 Å². The molecule has 0 unspecified atom stereocenters. The first kappa shape index (κ1) is 16.1. The van der Waals surface area contributed by atoms with Crippen molar-refractivity contribution >= 4 is 12.0 Å². The Morgan fingerprint density at radius 1 is 1.30 bits per heavy atom. The number of hydrogen-bond acceptors (Lipinski definition) is 3. The van der Waals surface area contributed by atoms with Crippen molar-refractivity contribution in [1.29, 1.82) is 0 Å². The molecule has 0 aliphatic carbocycles. The third kappa shape index (κ3) is 4.96. The number of carbonyl (C=O) groups is 1. The number of benzene rings is 1. The van der Waals surface area contributed by atoms with E-state index in [1.165, 1.54) is 6.08 Å². The number of hydrogen-bond donors (Lipinski definition) is 1. The Kier molecular flexibility index (Phi) is 6.64. The van der Waals surface area contributed by atoms with E-state index in [1.807, 2.05) is 25.1 Å². The van der Waals surface area contributed by atoms with Gasteiger partial charge in [-0.25, -0.2) is 0 Å². The molecule has 1 aromatic rings. The summed E-state index contributed by atoms with van der Waals surface area (Å²) in [5.74, 6) is 1.24. The van der Waals surface area contributed by atoms with E-state index in [0.29, 0.717) is 11.5 Å². The smallest absolute Gasteiger partial charge is 0.244 e. The molecule has 4 nitrogen and oxygen atoms in total. The van der Waals surface area contributed by atoms with Gasteiger partial charge in [-0.3, -0.25) is 4.79 Å². The number of nitrogens with one attached hydrogen (secondary N) is 1. The van der Waals surface area contributed by atoms with Crippen LogP contribution in [-0.2, 0) is 4.79 Å². The standard InChI is InChI=1S/C16H23NO3/c1-5-6-12(2)17-16(18)10-8-13-7-9-14(19-3)15(11-13)20-4/h7-12H,5-6H2,1-4H3,(H,17,18)/b10-8+/t12-/m0/s1. The Balaban J connectivity index is 2.68. The molecule has 1 N–H and O–H groups in total. The molecule has 1 rings (SSSR count). The molecule has 4 heteroatoms. The minimum absolute atomic E-state index is 0.0827. The van der Waals surface area contributed by atoms with Crippen LogP contribution in [0.1, 0.15) is 32.3 Å². The molecule has 0 saturated carbocycles. The van der Waals surface area contributed by atoms with Crippen LogP contribution in [0.5, 0.6) is 11.5 Å². The maximum absolute atomic E-state index is 11.7. The summed E-state index contributed by atoms with van der Waals surface area (Å²) in [6.45, 7) is 4.10. The van der Waals surface area contributed by atoms with Gasteiger partial charge in [0, 0.05) is 12.1 Å². The van der Waals surface area contributed by atoms with E-state index in [0.717, 1.165) is 18.4 Å². The topological polar surface area (TPSA) is 47.6 Å². The normalized spacial score (nSPS) is 12.2. The SMILES string of the molecule is CCC[C@H](C)NC(=O)/C=C/c1ccc(OC)c(OC)c1. The lowest BCUT2D eigenvalue weighted by Gasteiger charge is -2.10. The van der Waals surface area contributed by atoms with Gasteiger partial charge in [-0.1, -0.05) is 19.4 Å². The first-order chi connectivity index (χ1) is 9.60. The van der Waals surface area contributed by atoms with E-state index in [-0.39, 0.29) is 11.9 Å². The van der Waals surface area contributed by atoms with Gasteiger partial charge in [0.05, 0.1) is 14.2 Å². The van der Waals surface area contributed by atoms with Gasteiger partial charge >= 0.3 is 0 Å². The summed E-state index contributed by atoms with van der Waals surface area (Å²) in [5, 5.41) is 2.92. The second kappa shape index (κ2) is 8.25. The van der Waals surface area contributed by atoms with Crippen molar-refractivity contribution < 1.29 is 14.3 Å². The highest BCUT2D eigenvalue weighted by atomic mass is 16.5. The average Bonchev–Trinajstić information content (AvgIpc) is 2.44. The summed E-state index contributed by atoms with van der Waals surface area (Å²) in [7, 11) is 3.18. The Bertz CT molecular complexity index is 469. The minimum Gasteiger partial charge on any atom is -0.493 e. The molecule has 0 bridgehead atoms. The van der Waals surface area contributed by atoms with E-state index in [2.05, 4.69) is 12.2 Å². The van der Waals surface area contributed by atoms with Crippen molar-refractivity contribution in [3.63, 3.8) is 0 Å². The van der Waals surface area contributed by atoms with Gasteiger partial charge in [0.25, 0.3) is 0 Å². The fourth-order valence-electron chi connectivity index (χ4n) is 1.92. The fraction of sp³-hybridized carbons (Fsp3) is 0.438. The highest BCUT2D eigenvalue weighted by Crippen LogP contribution is 2.27. The molecule has 0 saturated heterocycles. The van der Waals surface area contributed by atoms with Crippen LogP contribution in [0.4, 0.5) is 0 Å². The molecule has 110 valence electrons. The molecule has 1 amide bonds. The van der Waals surface area contributed by atoms with Crippen LogP contribution in [0.3, 0.4) is 0 Å². The van der Waals surface area contributed by atoms with Crippen molar-refractivity contribution in [2.75, 3.05) is 14.2 Å². The van der Waals surface area contributed by atoms with Crippen LogP contribution in [0.2, 0.25) is 0 Å². The summed E-state index contributed by atoms with van der Waals surface area (Å²) >= 11 is 0. The maximum atomic E-state index is 11.7. The van der Waals surface area contributed by atoms with Crippen molar-refractivity contribution in [1.82, 2.24) is 5.32 Å². The average molecular weight is 277 g/mol. The number of rotatable bonds is 7. The van der Waals surface area contributed by atoms with Crippen molar-refractivity contribution in [2.45, 2.75) is 32.7 Å². The largest absolute Gasteiger partial charge is 0.493 e. The first-order valence-electron chi connectivity index (χ1n) is 6.81. The number of ether oxygens (including phenoxy) is 2. The van der Waals surface area contributed by atoms with Crippen LogP contribution in [0.25, 0.3) is 6.08 Å². The zero-order valence-electron chi connectivity index (χ0n) is 12.6. The Morgan fingerprint density at radius 3 is 2.60 bits per heavy atom. The Labute approximate surface area is 120 Å². The summed E-state index contributed by atoms with van der Waals surface area (Å²) in [4.78, 5) is 11.7. The molecule has 0 fully saturated rings. The molecule has 0 heterocycles. The van der Waals surface area contributed by atoms with E-state index in [9.17, 15) is 4.79 Å². The quantitative estimate of drug-likeness (QED) is 0.779. The van der Waals surface area contributed by atoms with E-state index in [1.54, 1.807) is 20.3 Å². The second-order valence-electron chi connectivity index (χ2n) is 4.65. The molecule has 0 radical (unpaired) electrons. The van der Waals surface area contributed by atoms with Gasteiger partial charge in [-0.05, 0) is 37.1 Å². The van der Waals surface area contributed by atoms with Crippen LogP contribution in [0.15, 0.2) is 24.3 Å². The lowest BCUT2D eigenvalue weighted by atomic mass is 10.1. The molecular formula is C16H23NO3. The van der Waals surface area contributed by atoms with E-state index < -0.39 is 0 Å². The lowest BCUT2D eigenvalue weighted by molar-refractivity contribution is -0.117. The first-order valence-corrected chi connectivity index (χ1v) is 6.81. The molecular weight excluding hydrogens is 254 g/mol. The molecule has 0 aliphatic rings. The van der Waals surface area contributed by atoms with Crippen molar-refractivity contribution in [3.8, 4) is 11.5 Å². The summed E-state index contributed by atoms with van der Waals surface area (Å²) in [6.07, 6.45) is 5.33. The van der Waals surface area contributed by atoms with Crippen LogP contribution in [0, 0.1) is 0 Å². The number of carbonyl (C=O) groups excluding carboxylic acids is 1. The van der Waals surface area contributed by atoms with Crippen LogP contribution >= 0.6 is 0 Å². The maximum Gasteiger partial charge on any atom is 0.244 e. The third-order valence-electron chi connectivity index (χ3n) is 2.95. The zero-order chi connectivity index (χ0) is 15.0. The zero-order valence-corrected chi connectivity index (χ0v) is 12.6. The van der Waals surface area contributed by atoms with Gasteiger partial charge in [-0.15, -0.1) is 0 Å². The molecule has 0 spiro atoms. The molecule has 1 atom stereocenters. The summed E-state index contributed by atoms with van der Waals surface area (Å²) in [6, 6.07) is 5.72. The predicted molar refractivity (Wildman–Crippen MR) is 81.1 cm³/mol. The van der Waals surface area contributed by atoms with E-state index >= 15 is 0 Å². The number of methoxy groups -OCH3 is 2. The van der Waals surface area contributed by atoms with Gasteiger partial charge in [0.1, 0.15) is 0 Å². The van der Waals surface area contributed by atoms with Crippen molar-refractivity contribution in [2.24, 2.45) is 0 Å². The van der Waals surface area contributed by atoms with Gasteiger partial charge < -0.3 is 14.8 Å². The van der Waals surface area contributed by atoms with Crippen LogP contribution < -0.4 is 14.8 Å². The molecule has 0 aliphatic heterocycles. The highest BCUT2D eigenvalue weighted by molar-refractivity contribution is 5.91. The van der Waals surface area contributed by atoms with Gasteiger partial charge in [-0.2, -0.15) is 0 Å². The van der Waals surface area contributed by atoms with Crippen LogP contribution in [-0.4, -0.2) is 26.2 Å². The molecule has 0 aromatic heterocycles. The second-order valence-corrected chi connectivity index (χ2v) is 4.65. The molecule has 20 heavy (non-hydrogen) atoms. The number of amides is 1. The Hall–Kier alpha value is -1.97. The highest BCUT2D eigenvalue weighted by Gasteiger charge is 2.04. The predicted octanol–water partition coefficient (Wildman–Crippen LogP) is 3.02. The van der Waals surface area contributed by atoms with Gasteiger partial charge in [0.2, 0.25) is 5.91 Å². The monoisotopic (exact) mass is 277 g/mol. The van der Waals surface area contributed by atoms with Gasteiger partial charge in [0.15, 0.2) is 11.5 Å². The Morgan fingerprint density at radius 2 is 2.00 bits per heavy atom. The molecule has 1 aromatic carbocycles. The van der Waals surface area contributed by atoms with E-state index in [4.69, 9.17) is 9.47 Å².